The van der Waals surface area contributed by atoms with E-state index in [9.17, 15) is 4.79 Å². The van der Waals surface area contributed by atoms with E-state index in [1.807, 2.05) is 30.3 Å². The van der Waals surface area contributed by atoms with Crippen LogP contribution in [0.3, 0.4) is 0 Å². The van der Waals surface area contributed by atoms with Gasteiger partial charge in [-0.2, -0.15) is 0 Å². The third kappa shape index (κ3) is 2.22. The molecule has 0 unspecified atom stereocenters. The minimum atomic E-state index is -0.956. The molecule has 15 heavy (non-hydrogen) atoms. The van der Waals surface area contributed by atoms with Crippen molar-refractivity contribution in [2.24, 2.45) is 0 Å². The summed E-state index contributed by atoms with van der Waals surface area (Å²) in [6.07, 6.45) is 0.632. The van der Waals surface area contributed by atoms with Gasteiger partial charge in [0.15, 0.2) is 5.69 Å². The van der Waals surface area contributed by atoms with Gasteiger partial charge in [0.05, 0.1) is 5.51 Å². The largest absolute Gasteiger partial charge is 0.476 e. The standard InChI is InChI=1S/C11H9NO2S/c13-11(14)10-9(15-7-12-10)6-8-4-2-1-3-5-8/h1-5,7H,6H2,(H,13,14). The Kier molecular flexibility index (Phi) is 2.78. The first-order valence-electron chi connectivity index (χ1n) is 4.47. The van der Waals surface area contributed by atoms with E-state index in [-0.39, 0.29) is 5.69 Å². The molecule has 1 aromatic carbocycles. The lowest BCUT2D eigenvalue weighted by Gasteiger charge is -1.98. The van der Waals surface area contributed by atoms with Crippen LogP contribution in [0.15, 0.2) is 35.8 Å². The summed E-state index contributed by atoms with van der Waals surface area (Å²) in [5, 5.41) is 8.88. The molecule has 0 bridgehead atoms. The smallest absolute Gasteiger partial charge is 0.355 e. The topological polar surface area (TPSA) is 50.2 Å². The van der Waals surface area contributed by atoms with Gasteiger partial charge in [0.2, 0.25) is 0 Å². The molecule has 2 aromatic rings. The number of thiazole rings is 1. The van der Waals surface area contributed by atoms with Gasteiger partial charge in [0, 0.05) is 11.3 Å². The lowest BCUT2D eigenvalue weighted by atomic mass is 10.1. The number of carbonyl (C=O) groups is 1. The fraction of sp³-hybridized carbons (Fsp3) is 0.0909. The Morgan fingerprint density at radius 1 is 1.33 bits per heavy atom. The van der Waals surface area contributed by atoms with Crippen molar-refractivity contribution in [1.29, 1.82) is 0 Å². The molecule has 1 aromatic heterocycles. The van der Waals surface area contributed by atoms with Crippen LogP contribution < -0.4 is 0 Å². The highest BCUT2D eigenvalue weighted by Crippen LogP contribution is 2.17. The van der Waals surface area contributed by atoms with Crippen LogP contribution in [-0.4, -0.2) is 16.1 Å². The van der Waals surface area contributed by atoms with E-state index in [0.717, 1.165) is 10.4 Å². The molecule has 0 atom stereocenters. The predicted octanol–water partition coefficient (Wildman–Crippen LogP) is 2.43. The van der Waals surface area contributed by atoms with Crippen LogP contribution in [0.4, 0.5) is 0 Å². The first-order valence-corrected chi connectivity index (χ1v) is 5.35. The van der Waals surface area contributed by atoms with Crippen molar-refractivity contribution in [2.75, 3.05) is 0 Å². The maximum Gasteiger partial charge on any atom is 0.355 e. The summed E-state index contributed by atoms with van der Waals surface area (Å²) in [6, 6.07) is 9.78. The van der Waals surface area contributed by atoms with Crippen LogP contribution in [0.2, 0.25) is 0 Å². The second-order valence-corrected chi connectivity index (χ2v) is 4.03. The van der Waals surface area contributed by atoms with Gasteiger partial charge in [0.1, 0.15) is 0 Å². The highest BCUT2D eigenvalue weighted by molar-refractivity contribution is 7.09. The van der Waals surface area contributed by atoms with Gasteiger partial charge in [-0.1, -0.05) is 30.3 Å². The first kappa shape index (κ1) is 9.86. The zero-order chi connectivity index (χ0) is 10.7. The van der Waals surface area contributed by atoms with E-state index >= 15 is 0 Å². The maximum atomic E-state index is 10.8. The number of nitrogens with zero attached hydrogens (tertiary/aromatic N) is 1. The lowest BCUT2D eigenvalue weighted by Crippen LogP contribution is -2.01. The number of hydrogen-bond donors (Lipinski definition) is 1. The molecule has 0 spiro atoms. The molecule has 0 amide bonds. The molecule has 0 aliphatic carbocycles. The first-order chi connectivity index (χ1) is 7.27. The third-order valence-corrected chi connectivity index (χ3v) is 2.88. The minimum Gasteiger partial charge on any atom is -0.476 e. The Morgan fingerprint density at radius 3 is 2.73 bits per heavy atom. The van der Waals surface area contributed by atoms with Gasteiger partial charge in [-0.15, -0.1) is 11.3 Å². The second-order valence-electron chi connectivity index (χ2n) is 3.09. The zero-order valence-electron chi connectivity index (χ0n) is 7.88. The molecule has 1 N–H and O–H groups in total. The SMILES string of the molecule is O=C(O)c1ncsc1Cc1ccccc1. The van der Waals surface area contributed by atoms with Crippen LogP contribution in [0.1, 0.15) is 20.9 Å². The van der Waals surface area contributed by atoms with Gasteiger partial charge >= 0.3 is 5.97 Å². The molecule has 3 nitrogen and oxygen atoms in total. The number of rotatable bonds is 3. The molecule has 0 aliphatic rings. The van der Waals surface area contributed by atoms with E-state index in [0.29, 0.717) is 6.42 Å². The summed E-state index contributed by atoms with van der Waals surface area (Å²) < 4.78 is 0. The normalized spacial score (nSPS) is 10.1. The van der Waals surface area contributed by atoms with E-state index in [1.165, 1.54) is 11.3 Å². The third-order valence-electron chi connectivity index (χ3n) is 2.05. The van der Waals surface area contributed by atoms with Crippen LogP contribution in [0.5, 0.6) is 0 Å². The van der Waals surface area contributed by atoms with Crippen molar-refractivity contribution in [3.8, 4) is 0 Å². The number of aromatic carboxylic acids is 1. The van der Waals surface area contributed by atoms with Gasteiger partial charge in [-0.05, 0) is 5.56 Å². The fourth-order valence-corrected chi connectivity index (χ4v) is 2.14. The molecule has 0 fully saturated rings. The van der Waals surface area contributed by atoms with Crippen molar-refractivity contribution in [1.82, 2.24) is 4.98 Å². The number of hydrogen-bond acceptors (Lipinski definition) is 3. The predicted molar refractivity (Wildman–Crippen MR) is 58.3 cm³/mol. The summed E-state index contributed by atoms with van der Waals surface area (Å²) in [6.45, 7) is 0. The highest BCUT2D eigenvalue weighted by Gasteiger charge is 2.13. The summed E-state index contributed by atoms with van der Waals surface area (Å²) >= 11 is 1.38. The molecule has 0 saturated heterocycles. The number of carboxylic acids is 1. The second kappa shape index (κ2) is 4.23. The maximum absolute atomic E-state index is 10.8. The molecule has 0 radical (unpaired) electrons. The Labute approximate surface area is 91.0 Å². The monoisotopic (exact) mass is 219 g/mol. The van der Waals surface area contributed by atoms with E-state index in [4.69, 9.17) is 5.11 Å². The summed E-state index contributed by atoms with van der Waals surface area (Å²) in [7, 11) is 0. The van der Waals surface area contributed by atoms with Crippen molar-refractivity contribution in [3.05, 3.63) is 52.0 Å². The molecular formula is C11H9NO2S. The number of benzene rings is 1. The van der Waals surface area contributed by atoms with E-state index in [1.54, 1.807) is 5.51 Å². The molecular weight excluding hydrogens is 210 g/mol. The molecule has 0 saturated carbocycles. The van der Waals surface area contributed by atoms with Crippen LogP contribution in [-0.2, 0) is 6.42 Å². The van der Waals surface area contributed by atoms with Gasteiger partial charge in [-0.25, -0.2) is 9.78 Å². The van der Waals surface area contributed by atoms with Crippen LogP contribution in [0.25, 0.3) is 0 Å². The molecule has 0 aliphatic heterocycles. The Morgan fingerprint density at radius 2 is 2.07 bits per heavy atom. The highest BCUT2D eigenvalue weighted by atomic mass is 32.1. The quantitative estimate of drug-likeness (QED) is 0.862. The molecule has 2 rings (SSSR count). The van der Waals surface area contributed by atoms with Crippen molar-refractivity contribution >= 4 is 17.3 Å². The number of aromatic nitrogens is 1. The Bertz CT molecular complexity index is 464. The van der Waals surface area contributed by atoms with Gasteiger partial charge in [0.25, 0.3) is 0 Å². The van der Waals surface area contributed by atoms with Crippen molar-refractivity contribution < 1.29 is 9.90 Å². The summed E-state index contributed by atoms with van der Waals surface area (Å²) in [4.78, 5) is 15.4. The fourth-order valence-electron chi connectivity index (χ4n) is 1.35. The minimum absolute atomic E-state index is 0.170. The Balaban J connectivity index is 2.25. The average Bonchev–Trinajstić information content (AvgIpc) is 2.67. The number of carboxylic acid groups (broad SMARTS) is 1. The van der Waals surface area contributed by atoms with E-state index in [2.05, 4.69) is 4.98 Å². The lowest BCUT2D eigenvalue weighted by molar-refractivity contribution is 0.0690. The van der Waals surface area contributed by atoms with Crippen molar-refractivity contribution in [3.63, 3.8) is 0 Å². The van der Waals surface area contributed by atoms with Crippen LogP contribution >= 0.6 is 11.3 Å². The zero-order valence-corrected chi connectivity index (χ0v) is 8.70. The molecule has 4 heteroatoms. The van der Waals surface area contributed by atoms with Crippen LogP contribution in [0, 0.1) is 0 Å². The Hall–Kier alpha value is -1.68. The molecule has 1 heterocycles. The average molecular weight is 219 g/mol. The van der Waals surface area contributed by atoms with Crippen molar-refractivity contribution in [2.45, 2.75) is 6.42 Å². The summed E-state index contributed by atoms with van der Waals surface area (Å²) in [5.41, 5.74) is 2.84. The van der Waals surface area contributed by atoms with E-state index < -0.39 is 5.97 Å². The summed E-state index contributed by atoms with van der Waals surface area (Å²) in [5.74, 6) is -0.956. The van der Waals surface area contributed by atoms with Gasteiger partial charge in [-0.3, -0.25) is 0 Å². The van der Waals surface area contributed by atoms with Gasteiger partial charge < -0.3 is 5.11 Å². The molecule has 76 valence electrons.